The topological polar surface area (TPSA) is 83.9 Å². The van der Waals surface area contributed by atoms with E-state index in [9.17, 15) is 28.3 Å². The van der Waals surface area contributed by atoms with Crippen molar-refractivity contribution in [1.82, 2.24) is 4.90 Å². The molecule has 3 saturated carbocycles. The van der Waals surface area contributed by atoms with Gasteiger partial charge >= 0.3 is 5.97 Å². The lowest BCUT2D eigenvalue weighted by Gasteiger charge is -2.63. The van der Waals surface area contributed by atoms with Crippen LogP contribution in [0, 0.1) is 39.7 Å². The quantitative estimate of drug-likeness (QED) is 0.361. The Kier molecular flexibility index (Phi) is 7.58. The molecule has 0 spiro atoms. The lowest BCUT2D eigenvalue weighted by atomic mass is 9.43. The van der Waals surface area contributed by atoms with Crippen LogP contribution < -0.4 is 0 Å². The van der Waals surface area contributed by atoms with Crippen LogP contribution in [0.3, 0.4) is 0 Å². The van der Waals surface area contributed by atoms with Gasteiger partial charge in [-0.1, -0.05) is 13.0 Å². The summed E-state index contributed by atoms with van der Waals surface area (Å²) in [6.45, 7) is 4.16. The standard InChI is InChI=1S/C32H37F4NO5/c1-18(38)42-16-28(41)31(17-37(4)15-19-9-20(33)11-21(34)10-19)8-6-23-24-13-26(35)25-12-22(39)5-7-29(25,2)32(24,36)27(40)14-30(23,31)3/h5,7,9-12,23-24,26-27,40H,6,8,13-17H2,1-4H3/t23?,24-,26-,27-,29-,30-,31-,32-/m0/s1. The van der Waals surface area contributed by atoms with Crippen LogP contribution in [-0.2, 0) is 25.7 Å². The highest BCUT2D eigenvalue weighted by molar-refractivity contribution is 6.01. The number of aliphatic hydroxyl groups excluding tert-OH is 1. The Labute approximate surface area is 242 Å². The molecule has 1 unspecified atom stereocenters. The van der Waals surface area contributed by atoms with Gasteiger partial charge in [0.05, 0.1) is 11.5 Å². The predicted molar refractivity (Wildman–Crippen MR) is 145 cm³/mol. The number of benzene rings is 1. The van der Waals surface area contributed by atoms with Crippen molar-refractivity contribution in [2.24, 2.45) is 28.1 Å². The molecule has 0 aliphatic heterocycles. The van der Waals surface area contributed by atoms with E-state index < -0.39 is 81.8 Å². The molecule has 6 nitrogen and oxygen atoms in total. The van der Waals surface area contributed by atoms with Gasteiger partial charge in [0, 0.05) is 37.4 Å². The number of allylic oxidation sites excluding steroid dienone is 4. The molecule has 4 aliphatic rings. The third kappa shape index (κ3) is 4.48. The van der Waals surface area contributed by atoms with Crippen LogP contribution in [0.2, 0.25) is 0 Å². The average molecular weight is 592 g/mol. The van der Waals surface area contributed by atoms with E-state index in [4.69, 9.17) is 4.74 Å². The second-order valence-corrected chi connectivity index (χ2v) is 13.1. The van der Waals surface area contributed by atoms with Crippen LogP contribution in [0.15, 0.2) is 42.0 Å². The van der Waals surface area contributed by atoms with E-state index in [0.29, 0.717) is 12.0 Å². The third-order valence-electron chi connectivity index (χ3n) is 10.8. The van der Waals surface area contributed by atoms with Crippen molar-refractivity contribution in [2.75, 3.05) is 20.2 Å². The van der Waals surface area contributed by atoms with Gasteiger partial charge < -0.3 is 14.7 Å². The number of fused-ring (bicyclic) bond motifs is 5. The number of aliphatic hydroxyl groups is 1. The van der Waals surface area contributed by atoms with E-state index in [1.807, 2.05) is 6.92 Å². The van der Waals surface area contributed by atoms with Crippen LogP contribution in [-0.4, -0.2) is 65.7 Å². The summed E-state index contributed by atoms with van der Waals surface area (Å²) in [7, 11) is 1.69. The molecule has 3 fully saturated rings. The molecule has 1 N–H and O–H groups in total. The Hall–Kier alpha value is -2.85. The zero-order valence-corrected chi connectivity index (χ0v) is 24.3. The van der Waals surface area contributed by atoms with Gasteiger partial charge in [-0.25, -0.2) is 17.6 Å². The first-order chi connectivity index (χ1) is 19.6. The highest BCUT2D eigenvalue weighted by atomic mass is 19.2. The van der Waals surface area contributed by atoms with Gasteiger partial charge in [-0.3, -0.25) is 14.4 Å². The lowest BCUT2D eigenvalue weighted by molar-refractivity contribution is -0.213. The van der Waals surface area contributed by atoms with Crippen LogP contribution in [0.25, 0.3) is 0 Å². The highest BCUT2D eigenvalue weighted by Crippen LogP contribution is 2.72. The number of nitrogens with zero attached hydrogens (tertiary/aromatic N) is 1. The lowest BCUT2D eigenvalue weighted by Crippen LogP contribution is -2.70. The fourth-order valence-corrected chi connectivity index (χ4v) is 8.96. The van der Waals surface area contributed by atoms with Crippen molar-refractivity contribution >= 4 is 17.5 Å². The minimum Gasteiger partial charge on any atom is -0.458 e. The van der Waals surface area contributed by atoms with E-state index in [-0.39, 0.29) is 37.9 Å². The SMILES string of the molecule is CC(=O)OCC(=O)[C@@]1(CN(C)Cc2cc(F)cc(F)c2)CCC2[C@@H]3C[C@H](F)C4=CC(=O)C=C[C@]4(C)[C@@]3(F)[C@@H](O)C[C@@]21C. The summed E-state index contributed by atoms with van der Waals surface area (Å²) in [5.41, 5.74) is -5.73. The second-order valence-electron chi connectivity index (χ2n) is 13.1. The maximum atomic E-state index is 17.5. The van der Waals surface area contributed by atoms with E-state index in [1.54, 1.807) is 11.9 Å². The van der Waals surface area contributed by atoms with E-state index >= 15 is 8.78 Å². The molecule has 0 aromatic heterocycles. The molecule has 0 saturated heterocycles. The predicted octanol–water partition coefficient (Wildman–Crippen LogP) is 4.83. The number of carbonyl (C=O) groups excluding carboxylic acids is 3. The highest BCUT2D eigenvalue weighted by Gasteiger charge is 2.75. The second kappa shape index (κ2) is 10.4. The molecular weight excluding hydrogens is 554 g/mol. The zero-order chi connectivity index (χ0) is 30.8. The maximum absolute atomic E-state index is 17.5. The van der Waals surface area contributed by atoms with Crippen LogP contribution >= 0.6 is 0 Å². The van der Waals surface area contributed by atoms with Crippen LogP contribution in [0.1, 0.15) is 52.0 Å². The molecule has 0 heterocycles. The van der Waals surface area contributed by atoms with Crippen molar-refractivity contribution in [3.05, 3.63) is 59.2 Å². The fourth-order valence-electron chi connectivity index (χ4n) is 8.96. The van der Waals surface area contributed by atoms with Gasteiger partial charge in [0.15, 0.2) is 23.8 Å². The van der Waals surface area contributed by atoms with Gasteiger partial charge in [-0.05, 0) is 86.4 Å². The zero-order valence-electron chi connectivity index (χ0n) is 24.3. The van der Waals surface area contributed by atoms with Gasteiger partial charge in [0.1, 0.15) is 17.8 Å². The first kappa shape index (κ1) is 30.6. The first-order valence-electron chi connectivity index (χ1n) is 14.3. The number of Topliss-reactive ketones (excluding diaryl/α,β-unsaturated/α-hetero) is 1. The summed E-state index contributed by atoms with van der Waals surface area (Å²) in [5, 5.41) is 11.7. The van der Waals surface area contributed by atoms with Gasteiger partial charge in [-0.15, -0.1) is 0 Å². The summed E-state index contributed by atoms with van der Waals surface area (Å²) in [6, 6.07) is 3.17. The number of rotatable bonds is 7. The molecule has 0 bridgehead atoms. The molecule has 1 aromatic carbocycles. The average Bonchev–Trinajstić information content (AvgIpc) is 3.17. The Morgan fingerprint density at radius 2 is 1.81 bits per heavy atom. The van der Waals surface area contributed by atoms with Gasteiger partial charge in [-0.2, -0.15) is 0 Å². The number of esters is 1. The minimum absolute atomic E-state index is 0.0219. The van der Waals surface area contributed by atoms with Crippen molar-refractivity contribution in [1.29, 1.82) is 0 Å². The third-order valence-corrected chi connectivity index (χ3v) is 10.8. The first-order valence-corrected chi connectivity index (χ1v) is 14.3. The molecule has 0 amide bonds. The summed E-state index contributed by atoms with van der Waals surface area (Å²) in [5.74, 6) is -4.44. The van der Waals surface area contributed by atoms with Crippen LogP contribution in [0.5, 0.6) is 0 Å². The number of halogens is 4. The molecular formula is C32H37F4NO5. The molecule has 4 aliphatic carbocycles. The minimum atomic E-state index is -2.29. The monoisotopic (exact) mass is 591 g/mol. The largest absolute Gasteiger partial charge is 0.458 e. The number of carbonyl (C=O) groups is 3. The Bertz CT molecular complexity index is 1360. The van der Waals surface area contributed by atoms with E-state index in [1.165, 1.54) is 38.1 Å². The molecule has 5 rings (SSSR count). The summed E-state index contributed by atoms with van der Waals surface area (Å²) in [6.07, 6.45) is 0.770. The number of alkyl halides is 2. The van der Waals surface area contributed by atoms with E-state index in [2.05, 4.69) is 0 Å². The molecule has 8 atom stereocenters. The summed E-state index contributed by atoms with van der Waals surface area (Å²) < 4.78 is 66.2. The normalized spacial score (nSPS) is 38.9. The van der Waals surface area contributed by atoms with Crippen LogP contribution in [0.4, 0.5) is 17.6 Å². The Morgan fingerprint density at radius 1 is 1.14 bits per heavy atom. The van der Waals surface area contributed by atoms with Crippen molar-refractivity contribution in [3.63, 3.8) is 0 Å². The maximum Gasteiger partial charge on any atom is 0.303 e. The molecule has 42 heavy (non-hydrogen) atoms. The van der Waals surface area contributed by atoms with Gasteiger partial charge in [0.25, 0.3) is 0 Å². The molecule has 0 radical (unpaired) electrons. The molecule has 1 aromatic rings. The number of hydrogen-bond donors (Lipinski definition) is 1. The number of ketones is 2. The van der Waals surface area contributed by atoms with Crippen molar-refractivity contribution in [3.8, 4) is 0 Å². The molecule has 10 heteroatoms. The number of hydrogen-bond acceptors (Lipinski definition) is 6. The Morgan fingerprint density at radius 3 is 2.45 bits per heavy atom. The van der Waals surface area contributed by atoms with Gasteiger partial charge in [0.2, 0.25) is 0 Å². The summed E-state index contributed by atoms with van der Waals surface area (Å²) in [4.78, 5) is 39.5. The Balaban J connectivity index is 1.54. The molecule has 228 valence electrons. The van der Waals surface area contributed by atoms with E-state index in [0.717, 1.165) is 12.1 Å². The summed E-state index contributed by atoms with van der Waals surface area (Å²) >= 11 is 0. The van der Waals surface area contributed by atoms with Crippen molar-refractivity contribution < 1.29 is 41.8 Å². The smallest absolute Gasteiger partial charge is 0.303 e. The number of ether oxygens (including phenoxy) is 1. The van der Waals surface area contributed by atoms with Crippen molar-refractivity contribution in [2.45, 2.75) is 70.9 Å². The fraction of sp³-hybridized carbons (Fsp3) is 0.594.